The van der Waals surface area contributed by atoms with Gasteiger partial charge in [0.2, 0.25) is 5.91 Å². The number of carboxylic acids is 1. The molecule has 0 radical (unpaired) electrons. The minimum Gasteiger partial charge on any atom is -0.481 e. The number of carbonyl (C=O) groups excluding carboxylic acids is 1. The second-order valence-corrected chi connectivity index (χ2v) is 5.34. The smallest absolute Gasteiger partial charge is 0.310 e. The van der Waals surface area contributed by atoms with E-state index < -0.39 is 11.4 Å². The van der Waals surface area contributed by atoms with Crippen LogP contribution in [0.3, 0.4) is 0 Å². The molecule has 0 spiro atoms. The van der Waals surface area contributed by atoms with Gasteiger partial charge in [-0.05, 0) is 31.6 Å². The number of carbonyl (C=O) groups is 2. The molecule has 0 aromatic rings. The Balaban J connectivity index is 2.21. The van der Waals surface area contributed by atoms with Gasteiger partial charge in [-0.25, -0.2) is 0 Å². The van der Waals surface area contributed by atoms with Gasteiger partial charge in [-0.2, -0.15) is 0 Å². The molecule has 1 aliphatic carbocycles. The van der Waals surface area contributed by atoms with E-state index in [0.29, 0.717) is 26.0 Å². The lowest BCUT2D eigenvalue weighted by molar-refractivity contribution is -0.152. The van der Waals surface area contributed by atoms with Gasteiger partial charge in [-0.3, -0.25) is 9.59 Å². The third-order valence-corrected chi connectivity index (χ3v) is 3.93. The largest absolute Gasteiger partial charge is 0.481 e. The molecule has 110 valence electrons. The van der Waals surface area contributed by atoms with E-state index in [9.17, 15) is 14.7 Å². The Kier molecular flexibility index (Phi) is 6.28. The molecule has 0 unspecified atom stereocenters. The molecule has 19 heavy (non-hydrogen) atoms. The third-order valence-electron chi connectivity index (χ3n) is 3.93. The number of aliphatic carboxylic acids is 1. The van der Waals surface area contributed by atoms with E-state index in [4.69, 9.17) is 4.74 Å². The van der Waals surface area contributed by atoms with Gasteiger partial charge in [0.25, 0.3) is 0 Å². The summed E-state index contributed by atoms with van der Waals surface area (Å²) in [6.45, 7) is 5.35. The molecule has 0 aromatic carbocycles. The Morgan fingerprint density at radius 2 is 1.95 bits per heavy atom. The number of ether oxygens (including phenoxy) is 1. The Morgan fingerprint density at radius 3 is 2.42 bits per heavy atom. The van der Waals surface area contributed by atoms with Crippen molar-refractivity contribution in [1.29, 1.82) is 0 Å². The van der Waals surface area contributed by atoms with Gasteiger partial charge in [0.05, 0.1) is 12.0 Å². The second kappa shape index (κ2) is 7.48. The lowest BCUT2D eigenvalue weighted by atomic mass is 9.79. The average Bonchev–Trinajstić information content (AvgIpc) is 3.19. The van der Waals surface area contributed by atoms with Crippen LogP contribution in [0.2, 0.25) is 0 Å². The fourth-order valence-electron chi connectivity index (χ4n) is 2.05. The maximum absolute atomic E-state index is 11.8. The topological polar surface area (TPSA) is 75.6 Å². The van der Waals surface area contributed by atoms with E-state index in [1.807, 2.05) is 13.8 Å². The van der Waals surface area contributed by atoms with Crippen molar-refractivity contribution in [3.05, 3.63) is 0 Å². The molecule has 5 nitrogen and oxygen atoms in total. The average molecular weight is 271 g/mol. The van der Waals surface area contributed by atoms with Crippen LogP contribution in [0.5, 0.6) is 0 Å². The Morgan fingerprint density at radius 1 is 1.32 bits per heavy atom. The minimum atomic E-state index is -0.932. The highest BCUT2D eigenvalue weighted by molar-refractivity contribution is 5.84. The fraction of sp³-hybridized carbons (Fsp3) is 0.857. The number of carboxylic acid groups (broad SMARTS) is 1. The summed E-state index contributed by atoms with van der Waals surface area (Å²) in [5.74, 6) is -0.380. The molecule has 1 saturated carbocycles. The van der Waals surface area contributed by atoms with Gasteiger partial charge in [0.15, 0.2) is 0 Å². The second-order valence-electron chi connectivity index (χ2n) is 5.34. The summed E-state index contributed by atoms with van der Waals surface area (Å²) in [5.41, 5.74) is -0.932. The summed E-state index contributed by atoms with van der Waals surface area (Å²) in [7, 11) is 0. The van der Waals surface area contributed by atoms with Crippen molar-refractivity contribution < 1.29 is 19.4 Å². The van der Waals surface area contributed by atoms with Gasteiger partial charge < -0.3 is 15.2 Å². The molecule has 0 bridgehead atoms. The van der Waals surface area contributed by atoms with Crippen molar-refractivity contribution in [2.24, 2.45) is 11.3 Å². The zero-order chi connectivity index (χ0) is 14.3. The standard InChI is InChI=1S/C14H25NO4/c1-3-14(4-2,13(17)18)9-12(16)15-7-8-19-10-11-5-6-11/h11H,3-10H2,1-2H3,(H,15,16)(H,17,18). The number of hydrogen-bond donors (Lipinski definition) is 2. The van der Waals surface area contributed by atoms with Crippen LogP contribution in [0.15, 0.2) is 0 Å². The SMILES string of the molecule is CCC(CC)(CC(=O)NCCOCC1CC1)C(=O)O. The first-order valence-corrected chi connectivity index (χ1v) is 7.12. The van der Waals surface area contributed by atoms with E-state index in [1.165, 1.54) is 12.8 Å². The number of amides is 1. The molecule has 0 aliphatic heterocycles. The molecule has 1 amide bonds. The Hall–Kier alpha value is -1.10. The summed E-state index contributed by atoms with van der Waals surface area (Å²) in [5, 5.41) is 12.0. The Bertz CT molecular complexity index is 309. The first kappa shape index (κ1) is 16.0. The van der Waals surface area contributed by atoms with Crippen molar-refractivity contribution >= 4 is 11.9 Å². The zero-order valence-corrected chi connectivity index (χ0v) is 11.9. The number of rotatable bonds is 10. The predicted octanol–water partition coefficient (Wildman–Crippen LogP) is 1.81. The highest BCUT2D eigenvalue weighted by atomic mass is 16.5. The van der Waals surface area contributed by atoms with Crippen LogP contribution in [0.1, 0.15) is 46.0 Å². The molecule has 0 aromatic heterocycles. The maximum Gasteiger partial charge on any atom is 0.310 e. The van der Waals surface area contributed by atoms with E-state index in [1.54, 1.807) is 0 Å². The molecule has 1 rings (SSSR count). The van der Waals surface area contributed by atoms with Gasteiger partial charge in [-0.15, -0.1) is 0 Å². The van der Waals surface area contributed by atoms with E-state index in [0.717, 1.165) is 12.5 Å². The van der Waals surface area contributed by atoms with Crippen LogP contribution in [0, 0.1) is 11.3 Å². The third kappa shape index (κ3) is 5.19. The molecule has 1 aliphatic rings. The first-order valence-electron chi connectivity index (χ1n) is 7.12. The van der Waals surface area contributed by atoms with Crippen LogP contribution < -0.4 is 5.32 Å². The minimum absolute atomic E-state index is 0.0396. The first-order chi connectivity index (χ1) is 9.04. The highest BCUT2D eigenvalue weighted by Gasteiger charge is 2.36. The maximum atomic E-state index is 11.8. The summed E-state index contributed by atoms with van der Waals surface area (Å²) >= 11 is 0. The van der Waals surface area contributed by atoms with Gasteiger partial charge in [0, 0.05) is 19.6 Å². The van der Waals surface area contributed by atoms with Crippen molar-refractivity contribution in [3.63, 3.8) is 0 Å². The molecule has 0 heterocycles. The van der Waals surface area contributed by atoms with Crippen molar-refractivity contribution in [1.82, 2.24) is 5.32 Å². The molecule has 1 fully saturated rings. The van der Waals surface area contributed by atoms with Gasteiger partial charge >= 0.3 is 5.97 Å². The molecule has 0 atom stereocenters. The van der Waals surface area contributed by atoms with Crippen molar-refractivity contribution in [2.45, 2.75) is 46.0 Å². The highest BCUT2D eigenvalue weighted by Crippen LogP contribution is 2.31. The quantitative estimate of drug-likeness (QED) is 0.594. The normalized spacial score (nSPS) is 15.3. The van der Waals surface area contributed by atoms with Crippen LogP contribution >= 0.6 is 0 Å². The summed E-state index contributed by atoms with van der Waals surface area (Å²) in [6, 6.07) is 0. The molecular weight excluding hydrogens is 246 g/mol. The van der Waals surface area contributed by atoms with Gasteiger partial charge in [-0.1, -0.05) is 13.8 Å². The van der Waals surface area contributed by atoms with Crippen LogP contribution in [-0.2, 0) is 14.3 Å². The van der Waals surface area contributed by atoms with Crippen LogP contribution in [-0.4, -0.2) is 36.7 Å². The van der Waals surface area contributed by atoms with Crippen LogP contribution in [0.4, 0.5) is 0 Å². The molecular formula is C14H25NO4. The summed E-state index contributed by atoms with van der Waals surface area (Å²) in [4.78, 5) is 23.0. The molecule has 2 N–H and O–H groups in total. The zero-order valence-electron chi connectivity index (χ0n) is 11.9. The summed E-state index contributed by atoms with van der Waals surface area (Å²) < 4.78 is 5.41. The van der Waals surface area contributed by atoms with E-state index in [2.05, 4.69) is 5.32 Å². The van der Waals surface area contributed by atoms with Crippen molar-refractivity contribution in [2.75, 3.05) is 19.8 Å². The number of hydrogen-bond acceptors (Lipinski definition) is 3. The number of nitrogens with one attached hydrogen (secondary N) is 1. The van der Waals surface area contributed by atoms with E-state index >= 15 is 0 Å². The molecule has 5 heteroatoms. The summed E-state index contributed by atoms with van der Waals surface area (Å²) in [6.07, 6.45) is 3.47. The van der Waals surface area contributed by atoms with Gasteiger partial charge in [0.1, 0.15) is 0 Å². The Labute approximate surface area is 114 Å². The fourth-order valence-corrected chi connectivity index (χ4v) is 2.05. The monoisotopic (exact) mass is 271 g/mol. The molecule has 0 saturated heterocycles. The van der Waals surface area contributed by atoms with Crippen LogP contribution in [0.25, 0.3) is 0 Å². The van der Waals surface area contributed by atoms with E-state index in [-0.39, 0.29) is 12.3 Å². The van der Waals surface area contributed by atoms with Crippen molar-refractivity contribution in [3.8, 4) is 0 Å². The predicted molar refractivity (Wildman–Crippen MR) is 71.8 cm³/mol. The lowest BCUT2D eigenvalue weighted by Gasteiger charge is -2.25. The lowest BCUT2D eigenvalue weighted by Crippen LogP contribution is -2.37.